The maximum absolute atomic E-state index is 12.1. The predicted molar refractivity (Wildman–Crippen MR) is 94.8 cm³/mol. The van der Waals surface area contributed by atoms with Crippen molar-refractivity contribution in [3.05, 3.63) is 47.8 Å². The van der Waals surface area contributed by atoms with Gasteiger partial charge in [0.25, 0.3) is 0 Å². The lowest BCUT2D eigenvalue weighted by molar-refractivity contribution is -0.115. The Kier molecular flexibility index (Phi) is 6.52. The number of anilines is 1. The van der Waals surface area contributed by atoms with Gasteiger partial charge in [-0.25, -0.2) is 4.98 Å². The minimum Gasteiger partial charge on any atom is -0.369 e. The number of aromatic nitrogens is 3. The number of rotatable bonds is 3. The molecule has 0 aliphatic heterocycles. The number of H-pyrrole nitrogens is 2. The van der Waals surface area contributed by atoms with Gasteiger partial charge >= 0.3 is 0 Å². The van der Waals surface area contributed by atoms with Gasteiger partial charge < -0.3 is 20.6 Å². The number of aromatic amines is 2. The van der Waals surface area contributed by atoms with E-state index in [2.05, 4.69) is 15.0 Å². The Hall–Kier alpha value is -2.61. The van der Waals surface area contributed by atoms with Gasteiger partial charge in [0.05, 0.1) is 16.7 Å². The molecule has 0 aliphatic rings. The van der Waals surface area contributed by atoms with Crippen LogP contribution in [0.15, 0.2) is 36.5 Å². The molecular formula is C15H18BrN5O2. The summed E-state index contributed by atoms with van der Waals surface area (Å²) in [7, 11) is 3.38. The number of nitrogens with zero attached hydrogens (tertiary/aromatic N) is 2. The Labute approximate surface area is 143 Å². The molecule has 1 amide bonds. The Bertz CT molecular complexity index is 780. The lowest BCUT2D eigenvalue weighted by Gasteiger charge is -1.98. The van der Waals surface area contributed by atoms with Crippen LogP contribution in [0.25, 0.3) is 11.0 Å². The molecule has 3 aromatic rings. The molecule has 3 rings (SSSR count). The number of imidazole rings is 1. The summed E-state index contributed by atoms with van der Waals surface area (Å²) in [5.74, 6) is 0.301. The summed E-state index contributed by atoms with van der Waals surface area (Å²) in [4.78, 5) is 32.8. The number of fused-ring (bicyclic) bond motifs is 1. The van der Waals surface area contributed by atoms with E-state index < -0.39 is 0 Å². The number of ketones is 1. The van der Waals surface area contributed by atoms with E-state index in [4.69, 9.17) is 5.73 Å². The fourth-order valence-electron chi connectivity index (χ4n) is 1.80. The lowest BCUT2D eigenvalue weighted by Crippen LogP contribution is -2.06. The zero-order valence-electron chi connectivity index (χ0n) is 12.7. The molecular weight excluding hydrogens is 362 g/mol. The summed E-state index contributed by atoms with van der Waals surface area (Å²) >= 11 is 0. The topological polar surface area (TPSA) is 108 Å². The van der Waals surface area contributed by atoms with Crippen LogP contribution in [0.1, 0.15) is 16.1 Å². The molecule has 23 heavy (non-hydrogen) atoms. The first kappa shape index (κ1) is 18.4. The van der Waals surface area contributed by atoms with Gasteiger partial charge in [0.1, 0.15) is 0 Å². The van der Waals surface area contributed by atoms with Crippen molar-refractivity contribution < 1.29 is 9.59 Å². The Morgan fingerprint density at radius 1 is 1.30 bits per heavy atom. The quantitative estimate of drug-likeness (QED) is 0.477. The maximum atomic E-state index is 12.1. The van der Waals surface area contributed by atoms with Crippen LogP contribution in [0.2, 0.25) is 0 Å². The molecule has 0 radical (unpaired) electrons. The van der Waals surface area contributed by atoms with Crippen LogP contribution in [0.3, 0.4) is 0 Å². The van der Waals surface area contributed by atoms with Crippen LogP contribution in [-0.4, -0.2) is 46.1 Å². The molecule has 0 fully saturated rings. The fourth-order valence-corrected chi connectivity index (χ4v) is 1.80. The maximum Gasteiger partial charge on any atom is 0.209 e. The van der Waals surface area contributed by atoms with Crippen molar-refractivity contribution in [2.24, 2.45) is 0 Å². The second-order valence-electron chi connectivity index (χ2n) is 4.84. The highest BCUT2D eigenvalue weighted by Crippen LogP contribution is 2.16. The highest BCUT2D eigenvalue weighted by atomic mass is 79.9. The smallest absolute Gasteiger partial charge is 0.209 e. The SMILES string of the molecule is Br.CN(C)C=O.Nc1nc2ccc(C(=O)c3ccc[nH]3)cc2[nH]1. The second kappa shape index (κ2) is 8.14. The molecule has 2 aromatic heterocycles. The Morgan fingerprint density at radius 2 is 2.00 bits per heavy atom. The van der Waals surface area contributed by atoms with Gasteiger partial charge in [-0.05, 0) is 30.3 Å². The van der Waals surface area contributed by atoms with Gasteiger partial charge in [-0.15, -0.1) is 17.0 Å². The second-order valence-corrected chi connectivity index (χ2v) is 4.84. The van der Waals surface area contributed by atoms with Crippen molar-refractivity contribution in [3.63, 3.8) is 0 Å². The largest absolute Gasteiger partial charge is 0.369 e. The molecule has 0 unspecified atom stereocenters. The van der Waals surface area contributed by atoms with Gasteiger partial charge in [0.15, 0.2) is 5.95 Å². The number of carbonyl (C=O) groups is 2. The molecule has 0 saturated heterocycles. The number of hydrogen-bond acceptors (Lipinski definition) is 4. The van der Waals surface area contributed by atoms with E-state index in [9.17, 15) is 9.59 Å². The van der Waals surface area contributed by atoms with Gasteiger partial charge in [0.2, 0.25) is 12.2 Å². The number of halogens is 1. The van der Waals surface area contributed by atoms with Crippen LogP contribution >= 0.6 is 17.0 Å². The van der Waals surface area contributed by atoms with Gasteiger partial charge in [-0.1, -0.05) is 0 Å². The highest BCUT2D eigenvalue weighted by Gasteiger charge is 2.11. The summed E-state index contributed by atoms with van der Waals surface area (Å²) in [5.41, 5.74) is 8.24. The molecule has 0 spiro atoms. The summed E-state index contributed by atoms with van der Waals surface area (Å²) in [6.45, 7) is 0. The van der Waals surface area contributed by atoms with Crippen molar-refractivity contribution >= 4 is 46.2 Å². The third-order valence-corrected chi connectivity index (χ3v) is 2.82. The van der Waals surface area contributed by atoms with E-state index in [0.29, 0.717) is 17.2 Å². The number of nitrogens with two attached hydrogens (primary N) is 1. The number of benzene rings is 1. The molecule has 0 saturated carbocycles. The van der Waals surface area contributed by atoms with Gasteiger partial charge in [-0.2, -0.15) is 0 Å². The molecule has 4 N–H and O–H groups in total. The number of nitrogens with one attached hydrogen (secondary N) is 2. The average molecular weight is 380 g/mol. The number of nitrogen functional groups attached to an aromatic ring is 1. The first-order valence-electron chi connectivity index (χ1n) is 6.56. The van der Waals surface area contributed by atoms with E-state index in [1.165, 1.54) is 4.90 Å². The lowest BCUT2D eigenvalue weighted by atomic mass is 10.1. The van der Waals surface area contributed by atoms with Crippen molar-refractivity contribution in [1.82, 2.24) is 19.9 Å². The zero-order valence-corrected chi connectivity index (χ0v) is 14.5. The van der Waals surface area contributed by atoms with E-state index in [-0.39, 0.29) is 22.8 Å². The predicted octanol–water partition coefficient (Wildman–Crippen LogP) is 1.99. The third kappa shape index (κ3) is 4.68. The summed E-state index contributed by atoms with van der Waals surface area (Å²) in [6, 6.07) is 8.81. The average Bonchev–Trinajstić information content (AvgIpc) is 3.14. The van der Waals surface area contributed by atoms with Gasteiger partial charge in [0, 0.05) is 25.9 Å². The standard InChI is InChI=1S/C12H10N4O.C3H7NO.BrH/c13-12-15-8-4-3-7(6-10(8)16-12)11(17)9-2-1-5-14-9;1-4(2)3-5;/h1-6,14H,(H3,13,15,16);3H,1-2H3;1H. The summed E-state index contributed by atoms with van der Waals surface area (Å²) in [6.07, 6.45) is 2.47. The number of carbonyl (C=O) groups excluding carboxylic acids is 2. The molecule has 122 valence electrons. The monoisotopic (exact) mass is 379 g/mol. The van der Waals surface area contributed by atoms with E-state index in [0.717, 1.165) is 17.4 Å². The first-order chi connectivity index (χ1) is 10.5. The normalized spacial score (nSPS) is 9.48. The number of hydrogen-bond donors (Lipinski definition) is 3. The molecule has 0 bridgehead atoms. The Balaban J connectivity index is 0.000000390. The van der Waals surface area contributed by atoms with Crippen molar-refractivity contribution in [2.45, 2.75) is 0 Å². The van der Waals surface area contributed by atoms with Crippen LogP contribution in [-0.2, 0) is 4.79 Å². The van der Waals surface area contributed by atoms with Crippen LogP contribution in [0.5, 0.6) is 0 Å². The third-order valence-electron chi connectivity index (χ3n) is 2.82. The van der Waals surface area contributed by atoms with E-state index in [1.807, 2.05) is 0 Å². The van der Waals surface area contributed by atoms with Crippen LogP contribution in [0.4, 0.5) is 5.95 Å². The van der Waals surface area contributed by atoms with Crippen molar-refractivity contribution in [2.75, 3.05) is 19.8 Å². The Morgan fingerprint density at radius 3 is 2.57 bits per heavy atom. The highest BCUT2D eigenvalue weighted by molar-refractivity contribution is 8.93. The van der Waals surface area contributed by atoms with Gasteiger partial charge in [-0.3, -0.25) is 9.59 Å². The van der Waals surface area contributed by atoms with Crippen LogP contribution in [0, 0.1) is 0 Å². The zero-order chi connectivity index (χ0) is 16.1. The minimum atomic E-state index is -0.0509. The van der Waals surface area contributed by atoms with Crippen molar-refractivity contribution in [1.29, 1.82) is 0 Å². The van der Waals surface area contributed by atoms with Crippen LogP contribution < -0.4 is 5.73 Å². The molecule has 0 aliphatic carbocycles. The summed E-state index contributed by atoms with van der Waals surface area (Å²) in [5, 5.41) is 0. The molecule has 7 nitrogen and oxygen atoms in total. The van der Waals surface area contributed by atoms with E-state index in [1.54, 1.807) is 50.6 Å². The summed E-state index contributed by atoms with van der Waals surface area (Å²) < 4.78 is 0. The molecule has 0 atom stereocenters. The molecule has 1 aromatic carbocycles. The molecule has 2 heterocycles. The molecule has 8 heteroatoms. The minimum absolute atomic E-state index is 0. The first-order valence-corrected chi connectivity index (χ1v) is 6.56. The fraction of sp³-hybridized carbons (Fsp3) is 0.133. The van der Waals surface area contributed by atoms with E-state index >= 15 is 0 Å². The number of amides is 1. The van der Waals surface area contributed by atoms with Crippen molar-refractivity contribution in [3.8, 4) is 0 Å².